The van der Waals surface area contributed by atoms with Crippen LogP contribution >= 0.6 is 0 Å². The van der Waals surface area contributed by atoms with Crippen LogP contribution in [0.25, 0.3) is 0 Å². The zero-order valence-corrected chi connectivity index (χ0v) is 16.8. The van der Waals surface area contributed by atoms with Gasteiger partial charge in [-0.1, -0.05) is 82.9 Å². The Bertz CT molecular complexity index is 421. The van der Waals surface area contributed by atoms with Gasteiger partial charge < -0.3 is 14.6 Å². The third-order valence-electron chi connectivity index (χ3n) is 3.97. The molecule has 3 nitrogen and oxygen atoms in total. The summed E-state index contributed by atoms with van der Waals surface area (Å²) in [7, 11) is 0. The molecule has 0 saturated heterocycles. The molecule has 0 aromatic heterocycles. The van der Waals surface area contributed by atoms with E-state index in [1.807, 2.05) is 12.1 Å². The summed E-state index contributed by atoms with van der Waals surface area (Å²) in [6, 6.07) is 7.29. The second kappa shape index (κ2) is 15.0. The molecule has 0 aliphatic rings. The number of aryl methyl sites for hydroxylation is 1. The molecule has 1 aromatic carbocycles. The average molecular weight is 328 g/mol. The number of benzene rings is 1. The Hall–Kier alpha value is -0.510. The van der Waals surface area contributed by atoms with Gasteiger partial charge in [0.05, 0.1) is 5.75 Å². The molecular weight excluding hydrogens is 299 g/mol. The molecule has 0 heterocycles. The maximum Gasteiger partial charge on any atom is 1.00 e. The van der Waals surface area contributed by atoms with Crippen molar-refractivity contribution in [1.82, 2.24) is 0 Å². The molecule has 0 N–H and O–H groups in total. The van der Waals surface area contributed by atoms with Crippen LogP contribution < -0.4 is 39.4 Å². The summed E-state index contributed by atoms with van der Waals surface area (Å²) in [5, 5.41) is 10.5. The number of carbonyl (C=O) groups is 1. The Labute approximate surface area is 163 Å². The first-order chi connectivity index (χ1) is 10.7. The maximum atomic E-state index is 10.5. The number of carbonyl (C=O) groups excluding carboxylic acids is 1. The normalized spacial score (nSPS) is 10.1. The summed E-state index contributed by atoms with van der Waals surface area (Å²) in [6.07, 6.45) is 12.3. The molecule has 4 heteroatoms. The molecule has 0 radical (unpaired) electrons. The van der Waals surface area contributed by atoms with Crippen LogP contribution in [0.3, 0.4) is 0 Å². The van der Waals surface area contributed by atoms with E-state index in [2.05, 4.69) is 6.92 Å². The van der Waals surface area contributed by atoms with E-state index in [9.17, 15) is 9.90 Å². The smallest absolute Gasteiger partial charge is 0.514 e. The molecule has 0 atom stereocenters. The fourth-order valence-corrected chi connectivity index (χ4v) is 2.70. The predicted molar refractivity (Wildman–Crippen MR) is 88.0 cm³/mol. The summed E-state index contributed by atoms with van der Waals surface area (Å²) in [5.74, 6) is 0.415. The first kappa shape index (κ1) is 22.5. The van der Waals surface area contributed by atoms with E-state index in [-0.39, 0.29) is 29.6 Å². The van der Waals surface area contributed by atoms with Crippen molar-refractivity contribution in [2.24, 2.45) is 0 Å². The van der Waals surface area contributed by atoms with Crippen LogP contribution in [0.5, 0.6) is 5.75 Å². The van der Waals surface area contributed by atoms with Gasteiger partial charge in [-0.25, -0.2) is 0 Å². The molecule has 1 aromatic rings. The molecule has 0 aliphatic carbocycles. The zero-order chi connectivity index (χ0) is 16.0. The number of hydrogen-bond acceptors (Lipinski definition) is 3. The number of para-hydroxylation sites is 1. The summed E-state index contributed by atoms with van der Waals surface area (Å²) >= 11 is 0. The van der Waals surface area contributed by atoms with Crippen LogP contribution in [0.15, 0.2) is 24.3 Å². The molecule has 23 heavy (non-hydrogen) atoms. The van der Waals surface area contributed by atoms with Gasteiger partial charge in [0.15, 0.2) is 0 Å². The second-order valence-electron chi connectivity index (χ2n) is 5.89. The van der Waals surface area contributed by atoms with Crippen molar-refractivity contribution >= 4 is 6.16 Å². The molecule has 0 spiro atoms. The van der Waals surface area contributed by atoms with E-state index in [0.29, 0.717) is 5.75 Å². The Balaban J connectivity index is 0.00000484. The van der Waals surface area contributed by atoms with E-state index in [0.717, 1.165) is 18.4 Å². The first-order valence-electron chi connectivity index (χ1n) is 8.70. The van der Waals surface area contributed by atoms with E-state index in [4.69, 9.17) is 4.74 Å². The second-order valence-corrected chi connectivity index (χ2v) is 5.89. The van der Waals surface area contributed by atoms with Crippen molar-refractivity contribution in [2.75, 3.05) is 0 Å². The van der Waals surface area contributed by atoms with Gasteiger partial charge in [0, 0.05) is 0 Å². The minimum atomic E-state index is -1.49. The van der Waals surface area contributed by atoms with Crippen LogP contribution in [-0.2, 0) is 6.42 Å². The minimum Gasteiger partial charge on any atom is -0.514 e. The number of ether oxygens (including phenoxy) is 1. The van der Waals surface area contributed by atoms with Gasteiger partial charge in [-0.05, 0) is 24.5 Å². The summed E-state index contributed by atoms with van der Waals surface area (Å²) < 4.78 is 4.69. The van der Waals surface area contributed by atoms with Crippen LogP contribution in [0, 0.1) is 0 Å². The van der Waals surface area contributed by atoms with E-state index < -0.39 is 6.16 Å². The Morgan fingerprint density at radius 3 is 2.00 bits per heavy atom. The van der Waals surface area contributed by atoms with Gasteiger partial charge in [-0.3, -0.25) is 0 Å². The fraction of sp³-hybridized carbons (Fsp3) is 0.632. The van der Waals surface area contributed by atoms with Gasteiger partial charge >= 0.3 is 29.6 Å². The molecule has 0 amide bonds. The van der Waals surface area contributed by atoms with Gasteiger partial charge in [-0.2, -0.15) is 0 Å². The van der Waals surface area contributed by atoms with Crippen LogP contribution in [0.4, 0.5) is 4.79 Å². The zero-order valence-electron chi connectivity index (χ0n) is 14.8. The van der Waals surface area contributed by atoms with Crippen LogP contribution in [-0.4, -0.2) is 6.16 Å². The molecule has 1 rings (SSSR count). The van der Waals surface area contributed by atoms with Gasteiger partial charge in [0.1, 0.15) is 0 Å². The minimum absolute atomic E-state index is 0. The van der Waals surface area contributed by atoms with Crippen molar-refractivity contribution in [3.63, 3.8) is 0 Å². The van der Waals surface area contributed by atoms with Crippen LogP contribution in [0.1, 0.15) is 76.7 Å². The number of unbranched alkanes of at least 4 members (excludes halogenated alkanes) is 9. The molecule has 0 saturated carbocycles. The van der Waals surface area contributed by atoms with E-state index >= 15 is 0 Å². The quantitative estimate of drug-likeness (QED) is 0.255. The van der Waals surface area contributed by atoms with Gasteiger partial charge in [-0.15, -0.1) is 0 Å². The Kier molecular flexibility index (Phi) is 14.7. The van der Waals surface area contributed by atoms with Crippen molar-refractivity contribution in [3.8, 4) is 5.75 Å². The molecule has 0 unspecified atom stereocenters. The topological polar surface area (TPSA) is 49.4 Å². The van der Waals surface area contributed by atoms with Gasteiger partial charge in [0.25, 0.3) is 6.16 Å². The predicted octanol–water partition coefficient (Wildman–Crippen LogP) is 1.88. The molecule has 0 bridgehead atoms. The van der Waals surface area contributed by atoms with Crippen molar-refractivity contribution in [1.29, 1.82) is 0 Å². The van der Waals surface area contributed by atoms with E-state index in [1.165, 1.54) is 57.8 Å². The molecule has 124 valence electrons. The Morgan fingerprint density at radius 2 is 1.43 bits per heavy atom. The standard InChI is InChI=1S/C19H30O3.Na/c1-2-3-4-5-6-7-8-9-10-11-14-17-15-12-13-16-18(17)22-19(20)21;/h12-13,15-16H,2-11,14H2,1H3,(H,20,21);/q;+1/p-1. The van der Waals surface area contributed by atoms with Crippen molar-refractivity contribution < 1.29 is 44.2 Å². The van der Waals surface area contributed by atoms with Gasteiger partial charge in [0.2, 0.25) is 0 Å². The molecular formula is C19H29NaO3. The molecule has 0 aliphatic heterocycles. The number of hydrogen-bond donors (Lipinski definition) is 0. The first-order valence-corrected chi connectivity index (χ1v) is 8.70. The average Bonchev–Trinajstić information content (AvgIpc) is 2.50. The summed E-state index contributed by atoms with van der Waals surface area (Å²) in [4.78, 5) is 10.5. The van der Waals surface area contributed by atoms with Crippen LogP contribution in [0.2, 0.25) is 0 Å². The fourth-order valence-electron chi connectivity index (χ4n) is 2.70. The summed E-state index contributed by atoms with van der Waals surface area (Å²) in [6.45, 7) is 2.25. The number of rotatable bonds is 12. The largest absolute Gasteiger partial charge is 1.00 e. The number of carboxylic acid groups (broad SMARTS) is 1. The molecule has 0 fully saturated rings. The van der Waals surface area contributed by atoms with Crippen molar-refractivity contribution in [3.05, 3.63) is 29.8 Å². The third-order valence-corrected chi connectivity index (χ3v) is 3.97. The Morgan fingerprint density at radius 1 is 0.913 bits per heavy atom. The third kappa shape index (κ3) is 11.6. The summed E-state index contributed by atoms with van der Waals surface area (Å²) in [5.41, 5.74) is 0.950. The SMILES string of the molecule is CCCCCCCCCCCCc1ccccc1OC(=O)[O-].[Na+]. The van der Waals surface area contributed by atoms with Crippen molar-refractivity contribution in [2.45, 2.75) is 77.6 Å². The maximum absolute atomic E-state index is 10.5. The monoisotopic (exact) mass is 328 g/mol. The van der Waals surface area contributed by atoms with E-state index in [1.54, 1.807) is 12.1 Å².